The van der Waals surface area contributed by atoms with E-state index in [4.69, 9.17) is 4.74 Å². The van der Waals surface area contributed by atoms with Crippen LogP contribution in [-0.4, -0.2) is 23.0 Å². The van der Waals surface area contributed by atoms with E-state index in [2.05, 4.69) is 4.98 Å². The Morgan fingerprint density at radius 1 is 1.69 bits per heavy atom. The Balaban J connectivity index is 2.71. The van der Waals surface area contributed by atoms with Crippen LogP contribution in [0.5, 0.6) is 5.88 Å². The summed E-state index contributed by atoms with van der Waals surface area (Å²) in [6.45, 7) is 1.50. The third-order valence-corrected chi connectivity index (χ3v) is 2.48. The van der Waals surface area contributed by atoms with Crippen LogP contribution in [0.1, 0.15) is 12.5 Å². The molecule has 0 unspecified atom stereocenters. The molecule has 0 amide bonds. The van der Waals surface area contributed by atoms with Crippen LogP contribution in [0.2, 0.25) is 0 Å². The van der Waals surface area contributed by atoms with Crippen molar-refractivity contribution < 1.29 is 13.9 Å². The molecule has 0 aliphatic rings. The quantitative estimate of drug-likeness (QED) is 0.812. The molecular weight excluding hydrogens is 229 g/mol. The lowest BCUT2D eigenvalue weighted by Gasteiger charge is -2.02. The Labute approximate surface area is 97.7 Å². The maximum Gasteiger partial charge on any atom is 0.220 e. The van der Waals surface area contributed by atoms with Crippen LogP contribution in [0.3, 0.4) is 0 Å². The molecule has 0 saturated heterocycles. The van der Waals surface area contributed by atoms with Gasteiger partial charge >= 0.3 is 0 Å². The van der Waals surface area contributed by atoms with Crippen molar-refractivity contribution in [1.82, 2.24) is 4.98 Å². The van der Waals surface area contributed by atoms with E-state index >= 15 is 0 Å². The van der Waals surface area contributed by atoms with Gasteiger partial charge in [-0.2, -0.15) is 0 Å². The van der Waals surface area contributed by atoms with Gasteiger partial charge in [0.25, 0.3) is 0 Å². The van der Waals surface area contributed by atoms with Crippen molar-refractivity contribution in [3.63, 3.8) is 0 Å². The lowest BCUT2D eigenvalue weighted by atomic mass is 10.2. The van der Waals surface area contributed by atoms with Gasteiger partial charge in [-0.25, -0.2) is 9.37 Å². The van der Waals surface area contributed by atoms with E-state index in [1.165, 1.54) is 31.9 Å². The third kappa shape index (κ3) is 4.02. The van der Waals surface area contributed by atoms with Gasteiger partial charge in [0.2, 0.25) is 5.88 Å². The van der Waals surface area contributed by atoms with Gasteiger partial charge in [-0.1, -0.05) is 23.9 Å². The standard InChI is InChI=1S/C11H12FNO2S/c1-8(14)16-5-3-4-9-6-10(12)7-13-11(9)15-2/h3-4,6-7H,5H2,1-2H3. The predicted octanol–water partition coefficient (Wildman–Crippen LogP) is 2.52. The van der Waals surface area contributed by atoms with Gasteiger partial charge in [-0.15, -0.1) is 0 Å². The van der Waals surface area contributed by atoms with Crippen molar-refractivity contribution in [3.8, 4) is 5.88 Å². The molecule has 1 aromatic heterocycles. The van der Waals surface area contributed by atoms with E-state index in [1.54, 1.807) is 12.2 Å². The smallest absolute Gasteiger partial charge is 0.220 e. The SMILES string of the molecule is COc1ncc(F)cc1C=CCSC(C)=O. The third-order valence-electron chi connectivity index (χ3n) is 1.72. The highest BCUT2D eigenvalue weighted by atomic mass is 32.2. The van der Waals surface area contributed by atoms with Crippen LogP contribution < -0.4 is 4.74 Å². The van der Waals surface area contributed by atoms with Gasteiger partial charge in [0, 0.05) is 18.2 Å². The Kier molecular flexibility index (Phi) is 4.98. The topological polar surface area (TPSA) is 39.2 Å². The fraction of sp³-hybridized carbons (Fsp3) is 0.273. The first-order valence-corrected chi connectivity index (χ1v) is 5.61. The number of aromatic nitrogens is 1. The van der Waals surface area contributed by atoms with Gasteiger partial charge in [0.15, 0.2) is 5.12 Å². The Morgan fingerprint density at radius 3 is 3.06 bits per heavy atom. The molecule has 16 heavy (non-hydrogen) atoms. The summed E-state index contributed by atoms with van der Waals surface area (Å²) in [5.41, 5.74) is 0.562. The van der Waals surface area contributed by atoms with Gasteiger partial charge < -0.3 is 4.74 Å². The van der Waals surface area contributed by atoms with Crippen LogP contribution in [0.25, 0.3) is 6.08 Å². The van der Waals surface area contributed by atoms with Crippen molar-refractivity contribution in [1.29, 1.82) is 0 Å². The minimum absolute atomic E-state index is 0.0500. The summed E-state index contributed by atoms with van der Waals surface area (Å²) in [5.74, 6) is 0.500. The number of rotatable bonds is 4. The number of pyridine rings is 1. The van der Waals surface area contributed by atoms with E-state index in [0.717, 1.165) is 6.20 Å². The molecular formula is C11H12FNO2S. The Hall–Kier alpha value is -1.36. The maximum absolute atomic E-state index is 12.9. The van der Waals surface area contributed by atoms with Gasteiger partial charge in [0.1, 0.15) is 5.82 Å². The van der Waals surface area contributed by atoms with Crippen LogP contribution in [0.4, 0.5) is 4.39 Å². The number of hydrogen-bond donors (Lipinski definition) is 0. The molecule has 86 valence electrons. The molecule has 0 aromatic carbocycles. The van der Waals surface area contributed by atoms with Crippen LogP contribution in [-0.2, 0) is 4.79 Å². The second-order valence-electron chi connectivity index (χ2n) is 2.96. The number of hydrogen-bond acceptors (Lipinski definition) is 4. The van der Waals surface area contributed by atoms with Gasteiger partial charge in [-0.05, 0) is 6.07 Å². The number of ether oxygens (including phenoxy) is 1. The molecule has 0 N–H and O–H groups in total. The highest BCUT2D eigenvalue weighted by Gasteiger charge is 2.02. The summed E-state index contributed by atoms with van der Waals surface area (Å²) >= 11 is 1.19. The number of carbonyl (C=O) groups is 1. The minimum Gasteiger partial charge on any atom is -0.481 e. The molecule has 1 rings (SSSR count). The predicted molar refractivity (Wildman–Crippen MR) is 62.9 cm³/mol. The minimum atomic E-state index is -0.417. The molecule has 1 aromatic rings. The Bertz CT molecular complexity index is 407. The van der Waals surface area contributed by atoms with Crippen molar-refractivity contribution in [2.75, 3.05) is 12.9 Å². The molecule has 0 bridgehead atoms. The lowest BCUT2D eigenvalue weighted by molar-refractivity contribution is -0.109. The van der Waals surface area contributed by atoms with Gasteiger partial charge in [0.05, 0.1) is 13.3 Å². The molecule has 0 radical (unpaired) electrons. The number of thioether (sulfide) groups is 1. The number of halogens is 1. The first-order chi connectivity index (χ1) is 7.63. The Morgan fingerprint density at radius 2 is 2.44 bits per heavy atom. The van der Waals surface area contributed by atoms with Crippen molar-refractivity contribution in [2.45, 2.75) is 6.92 Å². The zero-order valence-electron chi connectivity index (χ0n) is 9.07. The molecule has 0 saturated carbocycles. The molecule has 0 fully saturated rings. The van der Waals surface area contributed by atoms with E-state index in [1.807, 2.05) is 0 Å². The summed E-state index contributed by atoms with van der Waals surface area (Å²) in [7, 11) is 1.47. The summed E-state index contributed by atoms with van der Waals surface area (Å²) in [5, 5.41) is 0.0500. The van der Waals surface area contributed by atoms with Gasteiger partial charge in [-0.3, -0.25) is 4.79 Å². The summed E-state index contributed by atoms with van der Waals surface area (Å²) in [6, 6.07) is 1.33. The van der Waals surface area contributed by atoms with E-state index < -0.39 is 5.82 Å². The average Bonchev–Trinajstić information content (AvgIpc) is 2.24. The normalized spacial score (nSPS) is 10.7. The number of carbonyl (C=O) groups excluding carboxylic acids is 1. The van der Waals surface area contributed by atoms with E-state index in [-0.39, 0.29) is 5.12 Å². The zero-order chi connectivity index (χ0) is 12.0. The number of methoxy groups -OCH3 is 1. The van der Waals surface area contributed by atoms with Crippen molar-refractivity contribution in [2.24, 2.45) is 0 Å². The molecule has 0 aliphatic heterocycles. The summed E-state index contributed by atoms with van der Waals surface area (Å²) in [6.07, 6.45) is 4.55. The monoisotopic (exact) mass is 241 g/mol. The molecule has 5 heteroatoms. The van der Waals surface area contributed by atoms with Crippen LogP contribution >= 0.6 is 11.8 Å². The molecule has 3 nitrogen and oxygen atoms in total. The second kappa shape index (κ2) is 6.27. The fourth-order valence-corrected chi connectivity index (χ4v) is 1.50. The second-order valence-corrected chi connectivity index (χ2v) is 4.15. The highest BCUT2D eigenvalue weighted by Crippen LogP contribution is 2.17. The average molecular weight is 241 g/mol. The largest absolute Gasteiger partial charge is 0.481 e. The van der Waals surface area contributed by atoms with E-state index in [0.29, 0.717) is 17.2 Å². The van der Waals surface area contributed by atoms with E-state index in [9.17, 15) is 9.18 Å². The molecule has 0 spiro atoms. The summed E-state index contributed by atoms with van der Waals surface area (Å²) < 4.78 is 17.9. The summed E-state index contributed by atoms with van der Waals surface area (Å²) in [4.78, 5) is 14.5. The molecule has 1 heterocycles. The highest BCUT2D eigenvalue weighted by molar-refractivity contribution is 8.13. The van der Waals surface area contributed by atoms with Crippen molar-refractivity contribution in [3.05, 3.63) is 29.7 Å². The zero-order valence-corrected chi connectivity index (χ0v) is 9.88. The number of nitrogens with zero attached hydrogens (tertiary/aromatic N) is 1. The maximum atomic E-state index is 12.9. The molecule has 0 atom stereocenters. The first kappa shape index (κ1) is 12.7. The first-order valence-electron chi connectivity index (χ1n) is 4.63. The lowest BCUT2D eigenvalue weighted by Crippen LogP contribution is -1.92. The van der Waals surface area contributed by atoms with Crippen LogP contribution in [0, 0.1) is 5.82 Å². The van der Waals surface area contributed by atoms with Crippen molar-refractivity contribution >= 4 is 23.0 Å². The molecule has 0 aliphatic carbocycles. The van der Waals surface area contributed by atoms with Crippen LogP contribution in [0.15, 0.2) is 18.3 Å². The fourth-order valence-electron chi connectivity index (χ4n) is 1.07.